The minimum atomic E-state index is 0.737. The predicted octanol–water partition coefficient (Wildman–Crippen LogP) is 4.45. The van der Waals surface area contributed by atoms with Crippen LogP contribution < -0.4 is 0 Å². The SMILES string of the molecule is CC1CCc2c(sc3c2c2ncnn2c2nnc(SCCc4ccccc4)n32)C1. The number of hydrogen-bond donors (Lipinski definition) is 0. The molecule has 6 nitrogen and oxygen atoms in total. The summed E-state index contributed by atoms with van der Waals surface area (Å²) in [5.74, 6) is 2.45. The highest BCUT2D eigenvalue weighted by Crippen LogP contribution is 2.40. The van der Waals surface area contributed by atoms with Gasteiger partial charge in [-0.1, -0.05) is 49.0 Å². The Balaban J connectivity index is 1.48. The first-order valence-corrected chi connectivity index (χ1v) is 11.8. The smallest absolute Gasteiger partial charge is 0.244 e. The van der Waals surface area contributed by atoms with Gasteiger partial charge in [0.05, 0.1) is 5.39 Å². The molecule has 4 heterocycles. The van der Waals surface area contributed by atoms with E-state index in [-0.39, 0.29) is 0 Å². The van der Waals surface area contributed by atoms with E-state index in [0.29, 0.717) is 0 Å². The summed E-state index contributed by atoms with van der Waals surface area (Å²) in [6.07, 6.45) is 6.13. The van der Waals surface area contributed by atoms with Gasteiger partial charge in [0.2, 0.25) is 0 Å². The first-order chi connectivity index (χ1) is 14.3. The Kier molecular flexibility index (Phi) is 4.09. The normalized spacial score (nSPS) is 16.8. The Labute approximate surface area is 176 Å². The van der Waals surface area contributed by atoms with Crippen LogP contribution in [0.15, 0.2) is 41.8 Å². The van der Waals surface area contributed by atoms with Crippen LogP contribution in [0.4, 0.5) is 0 Å². The summed E-state index contributed by atoms with van der Waals surface area (Å²) in [5.41, 5.74) is 3.71. The summed E-state index contributed by atoms with van der Waals surface area (Å²) >= 11 is 3.65. The largest absolute Gasteiger partial charge is 0.260 e. The van der Waals surface area contributed by atoms with E-state index in [1.165, 1.54) is 32.6 Å². The number of hydrogen-bond acceptors (Lipinski definition) is 6. The Morgan fingerprint density at radius 2 is 2.10 bits per heavy atom. The van der Waals surface area contributed by atoms with Crippen molar-refractivity contribution in [1.82, 2.24) is 29.2 Å². The fourth-order valence-corrected chi connectivity index (χ4v) is 6.74. The quantitative estimate of drug-likeness (QED) is 0.402. The molecule has 4 aromatic heterocycles. The van der Waals surface area contributed by atoms with Crippen molar-refractivity contribution in [2.75, 3.05) is 5.75 Å². The number of benzene rings is 1. The molecule has 1 aliphatic rings. The van der Waals surface area contributed by atoms with Crippen molar-refractivity contribution < 1.29 is 0 Å². The highest BCUT2D eigenvalue weighted by atomic mass is 32.2. The van der Waals surface area contributed by atoms with Gasteiger partial charge in [0.15, 0.2) is 10.8 Å². The van der Waals surface area contributed by atoms with Gasteiger partial charge in [0.25, 0.3) is 5.78 Å². The van der Waals surface area contributed by atoms with Crippen LogP contribution in [-0.2, 0) is 19.3 Å². The molecule has 0 N–H and O–H groups in total. The number of rotatable bonds is 4. The van der Waals surface area contributed by atoms with E-state index in [4.69, 9.17) is 0 Å². The molecule has 5 aromatic rings. The molecule has 0 radical (unpaired) electrons. The van der Waals surface area contributed by atoms with Gasteiger partial charge in [-0.15, -0.1) is 21.5 Å². The fourth-order valence-electron chi connectivity index (χ4n) is 4.26. The fraction of sp³-hybridized carbons (Fsp3) is 0.333. The van der Waals surface area contributed by atoms with Gasteiger partial charge in [0, 0.05) is 10.6 Å². The molecule has 29 heavy (non-hydrogen) atoms. The summed E-state index contributed by atoms with van der Waals surface area (Å²) in [6.45, 7) is 2.35. The van der Waals surface area contributed by atoms with E-state index in [1.54, 1.807) is 18.1 Å². The van der Waals surface area contributed by atoms with Crippen molar-refractivity contribution in [2.24, 2.45) is 5.92 Å². The number of aromatic nitrogens is 6. The average Bonchev–Trinajstić information content (AvgIpc) is 3.44. The van der Waals surface area contributed by atoms with Crippen LogP contribution in [-0.4, -0.2) is 34.9 Å². The van der Waals surface area contributed by atoms with Crippen molar-refractivity contribution in [3.05, 3.63) is 52.7 Å². The molecule has 6 rings (SSSR count). The summed E-state index contributed by atoms with van der Waals surface area (Å²) in [4.78, 5) is 7.28. The summed E-state index contributed by atoms with van der Waals surface area (Å²) < 4.78 is 4.04. The van der Waals surface area contributed by atoms with Gasteiger partial charge in [-0.2, -0.15) is 9.61 Å². The zero-order valence-electron chi connectivity index (χ0n) is 16.1. The molecule has 0 saturated carbocycles. The molecule has 146 valence electrons. The zero-order valence-corrected chi connectivity index (χ0v) is 17.7. The van der Waals surface area contributed by atoms with Gasteiger partial charge in [0.1, 0.15) is 11.2 Å². The maximum atomic E-state index is 4.58. The van der Waals surface area contributed by atoms with Crippen LogP contribution in [0.1, 0.15) is 29.3 Å². The molecule has 1 aromatic carbocycles. The first kappa shape index (κ1) is 17.4. The summed E-state index contributed by atoms with van der Waals surface area (Å²) in [5, 5.41) is 15.6. The maximum Gasteiger partial charge on any atom is 0.260 e. The van der Waals surface area contributed by atoms with Crippen LogP contribution >= 0.6 is 23.1 Å². The zero-order chi connectivity index (χ0) is 19.4. The van der Waals surface area contributed by atoms with E-state index < -0.39 is 0 Å². The number of fused-ring (bicyclic) bond motifs is 8. The molecule has 0 bridgehead atoms. The van der Waals surface area contributed by atoms with Crippen LogP contribution in [0.2, 0.25) is 0 Å². The Bertz CT molecular complexity index is 1330. The molecule has 0 fully saturated rings. The van der Waals surface area contributed by atoms with Crippen molar-refractivity contribution in [2.45, 2.75) is 37.8 Å². The van der Waals surface area contributed by atoms with Crippen LogP contribution in [0.3, 0.4) is 0 Å². The second kappa shape index (κ2) is 6.81. The lowest BCUT2D eigenvalue weighted by atomic mass is 9.89. The minimum absolute atomic E-state index is 0.737. The molecule has 0 aliphatic heterocycles. The molecular formula is C21H20N6S2. The van der Waals surface area contributed by atoms with Gasteiger partial charge in [-0.25, -0.2) is 9.38 Å². The lowest BCUT2D eigenvalue weighted by Gasteiger charge is -2.17. The number of nitrogens with zero attached hydrogens (tertiary/aromatic N) is 6. The first-order valence-electron chi connectivity index (χ1n) is 9.97. The predicted molar refractivity (Wildman–Crippen MR) is 117 cm³/mol. The maximum absolute atomic E-state index is 4.58. The standard InChI is InChI=1S/C21H20N6S2/c1-13-7-8-15-16(11-13)29-19-17(15)18-22-12-23-27(18)20-24-25-21(26(19)20)28-10-9-14-5-3-2-4-6-14/h2-6,12-13H,7-11H2,1H3. The Hall–Kier alpha value is -2.45. The number of thiophene rings is 1. The molecule has 1 unspecified atom stereocenters. The second-order valence-electron chi connectivity index (χ2n) is 7.73. The second-order valence-corrected chi connectivity index (χ2v) is 9.88. The van der Waals surface area contributed by atoms with Crippen molar-refractivity contribution >= 4 is 44.7 Å². The van der Waals surface area contributed by atoms with Crippen LogP contribution in [0.5, 0.6) is 0 Å². The lowest BCUT2D eigenvalue weighted by Crippen LogP contribution is -2.08. The van der Waals surface area contributed by atoms with E-state index in [9.17, 15) is 0 Å². The topological polar surface area (TPSA) is 60.4 Å². The van der Waals surface area contributed by atoms with Gasteiger partial charge in [-0.3, -0.25) is 0 Å². The van der Waals surface area contributed by atoms with Crippen LogP contribution in [0.25, 0.3) is 21.6 Å². The van der Waals surface area contributed by atoms with Crippen LogP contribution in [0, 0.1) is 5.92 Å². The Morgan fingerprint density at radius 1 is 1.21 bits per heavy atom. The number of aryl methyl sites for hydroxylation is 2. The summed E-state index contributed by atoms with van der Waals surface area (Å²) in [6, 6.07) is 10.6. The molecule has 0 amide bonds. The third-order valence-electron chi connectivity index (χ3n) is 5.74. The lowest BCUT2D eigenvalue weighted by molar-refractivity contribution is 0.509. The monoisotopic (exact) mass is 420 g/mol. The molecular weight excluding hydrogens is 400 g/mol. The molecule has 1 aliphatic carbocycles. The molecule has 0 spiro atoms. The number of thioether (sulfide) groups is 1. The molecule has 0 saturated heterocycles. The van der Waals surface area contributed by atoms with E-state index in [0.717, 1.165) is 47.5 Å². The minimum Gasteiger partial charge on any atom is -0.244 e. The van der Waals surface area contributed by atoms with Gasteiger partial charge >= 0.3 is 0 Å². The van der Waals surface area contributed by atoms with Crippen molar-refractivity contribution in [3.63, 3.8) is 0 Å². The highest BCUT2D eigenvalue weighted by molar-refractivity contribution is 7.99. The van der Waals surface area contributed by atoms with E-state index >= 15 is 0 Å². The van der Waals surface area contributed by atoms with E-state index in [2.05, 4.69) is 61.9 Å². The molecule has 1 atom stereocenters. The van der Waals surface area contributed by atoms with Gasteiger partial charge in [-0.05, 0) is 42.7 Å². The third-order valence-corrected chi connectivity index (χ3v) is 7.91. The van der Waals surface area contributed by atoms with Gasteiger partial charge < -0.3 is 0 Å². The highest BCUT2D eigenvalue weighted by Gasteiger charge is 2.26. The molecule has 8 heteroatoms. The summed E-state index contributed by atoms with van der Waals surface area (Å²) in [7, 11) is 0. The van der Waals surface area contributed by atoms with Crippen molar-refractivity contribution in [3.8, 4) is 0 Å². The third kappa shape index (κ3) is 2.77. The van der Waals surface area contributed by atoms with Crippen molar-refractivity contribution in [1.29, 1.82) is 0 Å². The Morgan fingerprint density at radius 3 is 3.00 bits per heavy atom. The average molecular weight is 421 g/mol. The van der Waals surface area contributed by atoms with E-state index in [1.807, 2.05) is 15.9 Å².